The van der Waals surface area contributed by atoms with Gasteiger partial charge in [0.15, 0.2) is 0 Å². The van der Waals surface area contributed by atoms with Crippen LogP contribution in [-0.2, 0) is 11.9 Å². The molecule has 1 amide bonds. The number of nitrogens with one attached hydrogen (secondary N) is 1. The molecule has 29 heavy (non-hydrogen) atoms. The summed E-state index contributed by atoms with van der Waals surface area (Å²) in [4.78, 5) is 17.8. The zero-order valence-corrected chi connectivity index (χ0v) is 16.8. The van der Waals surface area contributed by atoms with E-state index < -0.39 is 11.9 Å². The van der Waals surface area contributed by atoms with Crippen LogP contribution in [0.4, 0.5) is 10.1 Å². The van der Waals surface area contributed by atoms with E-state index in [1.54, 1.807) is 19.2 Å². The number of anilines is 1. The van der Waals surface area contributed by atoms with E-state index in [1.165, 1.54) is 7.05 Å². The predicted octanol–water partition coefficient (Wildman–Crippen LogP) is 4.55. The van der Waals surface area contributed by atoms with Crippen molar-refractivity contribution in [3.8, 4) is 11.1 Å². The number of carbonyl (C=O) groups is 1. The van der Waals surface area contributed by atoms with E-state index in [4.69, 9.17) is 4.84 Å². The highest BCUT2D eigenvalue weighted by atomic mass is 19.1. The molecule has 7 heteroatoms. The van der Waals surface area contributed by atoms with E-state index >= 15 is 0 Å². The number of hydrogen-bond donors (Lipinski definition) is 1. The molecule has 0 saturated heterocycles. The Morgan fingerprint density at radius 3 is 2.52 bits per heavy atom. The third-order valence-corrected chi connectivity index (χ3v) is 4.25. The molecule has 3 rings (SSSR count). The highest BCUT2D eigenvalue weighted by Gasteiger charge is 2.21. The van der Waals surface area contributed by atoms with Crippen LogP contribution in [0.2, 0.25) is 0 Å². The zero-order valence-electron chi connectivity index (χ0n) is 16.8. The SMILES string of the molecule is Cc1nn(C)c(F)c1C(=O)Nc1ccccc1-c1ccc(/C=N/OC(C)C)cc1. The van der Waals surface area contributed by atoms with Crippen LogP contribution in [-0.4, -0.2) is 28.0 Å². The van der Waals surface area contributed by atoms with Gasteiger partial charge in [0.1, 0.15) is 11.7 Å². The van der Waals surface area contributed by atoms with Crippen LogP contribution in [0.5, 0.6) is 0 Å². The van der Waals surface area contributed by atoms with E-state index in [0.29, 0.717) is 11.4 Å². The van der Waals surface area contributed by atoms with Crippen LogP contribution in [0.1, 0.15) is 35.5 Å². The Labute approximate surface area is 169 Å². The fraction of sp³-hybridized carbons (Fsp3) is 0.227. The Morgan fingerprint density at radius 1 is 1.21 bits per heavy atom. The molecule has 0 atom stereocenters. The molecule has 0 spiro atoms. The predicted molar refractivity (Wildman–Crippen MR) is 112 cm³/mol. The third kappa shape index (κ3) is 4.68. The van der Waals surface area contributed by atoms with E-state index in [0.717, 1.165) is 21.4 Å². The summed E-state index contributed by atoms with van der Waals surface area (Å²) in [5.41, 5.74) is 3.50. The highest BCUT2D eigenvalue weighted by molar-refractivity contribution is 6.07. The lowest BCUT2D eigenvalue weighted by atomic mass is 10.0. The summed E-state index contributed by atoms with van der Waals surface area (Å²) in [5, 5.41) is 10.7. The van der Waals surface area contributed by atoms with Gasteiger partial charge in [-0.2, -0.15) is 9.49 Å². The first-order valence-electron chi connectivity index (χ1n) is 9.26. The molecule has 0 aliphatic heterocycles. The summed E-state index contributed by atoms with van der Waals surface area (Å²) in [5.74, 6) is -1.19. The lowest BCUT2D eigenvalue weighted by Crippen LogP contribution is -2.15. The molecule has 2 aromatic carbocycles. The number of benzene rings is 2. The first kappa shape index (κ1) is 20.3. The van der Waals surface area contributed by atoms with Crippen molar-refractivity contribution >= 4 is 17.8 Å². The van der Waals surface area contributed by atoms with Gasteiger partial charge in [-0.25, -0.2) is 4.68 Å². The largest absolute Gasteiger partial charge is 0.393 e. The Morgan fingerprint density at radius 2 is 1.90 bits per heavy atom. The minimum Gasteiger partial charge on any atom is -0.393 e. The molecular formula is C22H23FN4O2. The fourth-order valence-corrected chi connectivity index (χ4v) is 2.88. The van der Waals surface area contributed by atoms with Crippen molar-refractivity contribution in [2.24, 2.45) is 12.2 Å². The number of aromatic nitrogens is 2. The molecule has 0 bridgehead atoms. The van der Waals surface area contributed by atoms with E-state index in [9.17, 15) is 9.18 Å². The van der Waals surface area contributed by atoms with Crippen molar-refractivity contribution in [3.05, 3.63) is 71.3 Å². The number of aryl methyl sites for hydroxylation is 2. The quantitative estimate of drug-likeness (QED) is 0.493. The lowest BCUT2D eigenvalue weighted by molar-refractivity contribution is 0.0873. The minimum absolute atomic E-state index is 0.0225. The molecule has 1 N–H and O–H groups in total. The van der Waals surface area contributed by atoms with Crippen molar-refractivity contribution in [2.75, 3.05) is 5.32 Å². The Kier molecular flexibility index (Phi) is 6.07. The number of hydrogen-bond acceptors (Lipinski definition) is 4. The molecule has 1 heterocycles. The number of nitrogens with zero attached hydrogens (tertiary/aromatic N) is 3. The van der Waals surface area contributed by atoms with Crippen molar-refractivity contribution in [1.82, 2.24) is 9.78 Å². The molecule has 150 valence electrons. The summed E-state index contributed by atoms with van der Waals surface area (Å²) in [7, 11) is 1.46. The van der Waals surface area contributed by atoms with Gasteiger partial charge in [0.2, 0.25) is 5.95 Å². The summed E-state index contributed by atoms with van der Waals surface area (Å²) < 4.78 is 15.3. The van der Waals surface area contributed by atoms with Gasteiger partial charge in [0.05, 0.1) is 11.9 Å². The minimum atomic E-state index is -0.662. The molecule has 0 radical (unpaired) electrons. The third-order valence-electron chi connectivity index (χ3n) is 4.25. The maximum absolute atomic E-state index is 14.2. The molecule has 0 saturated carbocycles. The zero-order chi connectivity index (χ0) is 21.0. The van der Waals surface area contributed by atoms with Crippen LogP contribution in [0.3, 0.4) is 0 Å². The molecule has 0 aliphatic carbocycles. The van der Waals surface area contributed by atoms with E-state index in [1.807, 2.05) is 56.3 Å². The van der Waals surface area contributed by atoms with Crippen molar-refractivity contribution in [1.29, 1.82) is 0 Å². The number of halogens is 1. The van der Waals surface area contributed by atoms with Crippen molar-refractivity contribution in [2.45, 2.75) is 26.9 Å². The summed E-state index contributed by atoms with van der Waals surface area (Å²) >= 11 is 0. The maximum atomic E-state index is 14.2. The van der Waals surface area contributed by atoms with Crippen molar-refractivity contribution in [3.63, 3.8) is 0 Å². The normalized spacial score (nSPS) is 11.2. The monoisotopic (exact) mass is 394 g/mol. The van der Waals surface area contributed by atoms with Crippen LogP contribution in [0, 0.1) is 12.9 Å². The van der Waals surface area contributed by atoms with Gasteiger partial charge in [-0.15, -0.1) is 0 Å². The van der Waals surface area contributed by atoms with Crippen LogP contribution in [0.25, 0.3) is 11.1 Å². The number of carbonyl (C=O) groups excluding carboxylic acids is 1. The average molecular weight is 394 g/mol. The van der Waals surface area contributed by atoms with Gasteiger partial charge >= 0.3 is 0 Å². The summed E-state index contributed by atoms with van der Waals surface area (Å²) in [6.45, 7) is 5.42. The number of amides is 1. The topological polar surface area (TPSA) is 68.5 Å². The molecule has 0 fully saturated rings. The first-order valence-corrected chi connectivity index (χ1v) is 9.26. The maximum Gasteiger partial charge on any atom is 0.262 e. The second-order valence-corrected chi connectivity index (χ2v) is 6.89. The van der Waals surface area contributed by atoms with Gasteiger partial charge in [0, 0.05) is 18.3 Å². The molecule has 0 unspecified atom stereocenters. The second kappa shape index (κ2) is 8.68. The van der Waals surface area contributed by atoms with Crippen LogP contribution >= 0.6 is 0 Å². The van der Waals surface area contributed by atoms with E-state index in [-0.39, 0.29) is 11.7 Å². The van der Waals surface area contributed by atoms with E-state index in [2.05, 4.69) is 15.6 Å². The Bertz CT molecular complexity index is 1040. The van der Waals surface area contributed by atoms with Crippen LogP contribution < -0.4 is 5.32 Å². The molecule has 1 aromatic heterocycles. The smallest absolute Gasteiger partial charge is 0.262 e. The fourth-order valence-electron chi connectivity index (χ4n) is 2.88. The Balaban J connectivity index is 1.84. The van der Waals surface area contributed by atoms with Gasteiger partial charge in [-0.3, -0.25) is 4.79 Å². The van der Waals surface area contributed by atoms with Gasteiger partial charge in [0.25, 0.3) is 5.91 Å². The van der Waals surface area contributed by atoms with Gasteiger partial charge in [-0.05, 0) is 38.0 Å². The Hall–Kier alpha value is -3.48. The average Bonchev–Trinajstić information content (AvgIpc) is 2.94. The second-order valence-electron chi connectivity index (χ2n) is 6.89. The first-order chi connectivity index (χ1) is 13.9. The molecule has 3 aromatic rings. The molecule has 6 nitrogen and oxygen atoms in total. The lowest BCUT2D eigenvalue weighted by Gasteiger charge is -2.11. The molecular weight excluding hydrogens is 371 g/mol. The molecule has 0 aliphatic rings. The number of oxime groups is 1. The summed E-state index contributed by atoms with van der Waals surface area (Å²) in [6, 6.07) is 15.0. The highest BCUT2D eigenvalue weighted by Crippen LogP contribution is 2.28. The van der Waals surface area contributed by atoms with Gasteiger partial charge in [-0.1, -0.05) is 47.6 Å². The van der Waals surface area contributed by atoms with Crippen LogP contribution in [0.15, 0.2) is 53.7 Å². The summed E-state index contributed by atoms with van der Waals surface area (Å²) in [6.07, 6.45) is 1.67. The number of para-hydroxylation sites is 1. The number of rotatable bonds is 6. The standard InChI is InChI=1S/C22H23FN4O2/c1-14(2)29-24-13-16-9-11-17(12-10-16)18-7-5-6-8-19(18)25-22(28)20-15(3)26-27(4)21(20)23/h5-14H,1-4H3,(H,25,28)/b24-13+. The van der Waals surface area contributed by atoms with Crippen molar-refractivity contribution < 1.29 is 14.0 Å². The van der Waals surface area contributed by atoms with Gasteiger partial charge < -0.3 is 10.2 Å².